The average molecular weight is 221 g/mol. The highest BCUT2D eigenvalue weighted by atomic mass is 16.5. The number of benzene rings is 1. The predicted octanol–water partition coefficient (Wildman–Crippen LogP) is 1.73. The molecule has 0 amide bonds. The molecule has 1 aromatic carbocycles. The first-order chi connectivity index (χ1) is 7.85. The summed E-state index contributed by atoms with van der Waals surface area (Å²) in [5, 5.41) is 12.6. The second kappa shape index (κ2) is 5.32. The smallest absolute Gasteiger partial charge is 0.123 e. The van der Waals surface area contributed by atoms with Crippen molar-refractivity contribution in [2.75, 3.05) is 20.3 Å². The largest absolute Gasteiger partial charge is 0.496 e. The van der Waals surface area contributed by atoms with E-state index in [0.717, 1.165) is 25.1 Å². The molecular weight excluding hydrogens is 202 g/mol. The lowest BCUT2D eigenvalue weighted by molar-refractivity contribution is 0.183. The van der Waals surface area contributed by atoms with Crippen LogP contribution in [-0.4, -0.2) is 25.4 Å². The van der Waals surface area contributed by atoms with E-state index < -0.39 is 0 Å². The first-order valence-electron chi connectivity index (χ1n) is 5.82. The minimum absolute atomic E-state index is 0.283. The van der Waals surface area contributed by atoms with Gasteiger partial charge >= 0.3 is 0 Å². The van der Waals surface area contributed by atoms with Gasteiger partial charge in [0.25, 0.3) is 0 Å². The molecule has 0 bridgehead atoms. The summed E-state index contributed by atoms with van der Waals surface area (Å²) in [4.78, 5) is 0. The Labute approximate surface area is 96.4 Å². The number of para-hydroxylation sites is 1. The summed E-state index contributed by atoms with van der Waals surface area (Å²) in [6.45, 7) is 1.17. The molecule has 1 saturated heterocycles. The molecule has 0 radical (unpaired) electrons. The fourth-order valence-corrected chi connectivity index (χ4v) is 2.29. The second-order valence-corrected chi connectivity index (χ2v) is 4.33. The topological polar surface area (TPSA) is 41.5 Å². The van der Waals surface area contributed by atoms with Crippen LogP contribution in [0.25, 0.3) is 0 Å². The van der Waals surface area contributed by atoms with Gasteiger partial charge in [-0.15, -0.1) is 0 Å². The molecule has 0 saturated carbocycles. The van der Waals surface area contributed by atoms with Crippen LogP contribution in [0.2, 0.25) is 0 Å². The van der Waals surface area contributed by atoms with E-state index in [0.29, 0.717) is 12.0 Å². The lowest BCUT2D eigenvalue weighted by Crippen LogP contribution is -2.34. The van der Waals surface area contributed by atoms with E-state index in [-0.39, 0.29) is 6.61 Å². The average Bonchev–Trinajstić information content (AvgIpc) is 2.39. The Kier molecular flexibility index (Phi) is 3.80. The number of methoxy groups -OCH3 is 1. The summed E-state index contributed by atoms with van der Waals surface area (Å²) in [6, 6.07) is 8.49. The Hall–Kier alpha value is -1.06. The van der Waals surface area contributed by atoms with Crippen molar-refractivity contribution in [1.82, 2.24) is 5.32 Å². The Bertz CT molecular complexity index is 332. The van der Waals surface area contributed by atoms with Crippen LogP contribution in [0.15, 0.2) is 24.3 Å². The molecule has 0 aliphatic carbocycles. The van der Waals surface area contributed by atoms with Crippen molar-refractivity contribution in [1.29, 1.82) is 0 Å². The maximum atomic E-state index is 9.08. The van der Waals surface area contributed by atoms with Gasteiger partial charge < -0.3 is 15.2 Å². The zero-order chi connectivity index (χ0) is 11.4. The number of hydrogen-bond donors (Lipinski definition) is 2. The van der Waals surface area contributed by atoms with Crippen LogP contribution in [0.4, 0.5) is 0 Å². The Morgan fingerprint density at radius 2 is 2.19 bits per heavy atom. The lowest BCUT2D eigenvalue weighted by atomic mass is 9.91. The first kappa shape index (κ1) is 11.4. The van der Waals surface area contributed by atoms with Crippen LogP contribution in [0.3, 0.4) is 0 Å². The van der Waals surface area contributed by atoms with Crippen molar-refractivity contribution in [3.63, 3.8) is 0 Å². The number of ether oxygens (including phenoxy) is 1. The van der Waals surface area contributed by atoms with Crippen LogP contribution < -0.4 is 10.1 Å². The van der Waals surface area contributed by atoms with Gasteiger partial charge in [-0.1, -0.05) is 18.2 Å². The number of hydrogen-bond acceptors (Lipinski definition) is 3. The normalized spacial score (nSPS) is 25.4. The molecule has 1 aliphatic heterocycles. The zero-order valence-corrected chi connectivity index (χ0v) is 9.65. The fraction of sp³-hybridized carbons (Fsp3) is 0.538. The Morgan fingerprint density at radius 3 is 2.81 bits per heavy atom. The molecular formula is C13H19NO2. The number of piperidine rings is 1. The maximum absolute atomic E-state index is 9.08. The van der Waals surface area contributed by atoms with E-state index >= 15 is 0 Å². The molecule has 88 valence electrons. The summed E-state index contributed by atoms with van der Waals surface area (Å²) in [5.74, 6) is 1.36. The van der Waals surface area contributed by atoms with E-state index in [2.05, 4.69) is 11.4 Å². The third kappa shape index (κ3) is 2.36. The molecule has 2 N–H and O–H groups in total. The molecule has 2 atom stereocenters. The SMILES string of the molecule is COc1ccccc1C1CCC(CO)CN1. The fourth-order valence-electron chi connectivity index (χ4n) is 2.29. The summed E-state index contributed by atoms with van der Waals surface area (Å²) in [6.07, 6.45) is 2.14. The van der Waals surface area contributed by atoms with Crippen LogP contribution in [0.5, 0.6) is 5.75 Å². The second-order valence-electron chi connectivity index (χ2n) is 4.33. The van der Waals surface area contributed by atoms with Gasteiger partial charge in [0.1, 0.15) is 5.75 Å². The van der Waals surface area contributed by atoms with Crippen LogP contribution in [0.1, 0.15) is 24.4 Å². The standard InChI is InChI=1S/C13H19NO2/c1-16-13-5-3-2-4-11(13)12-7-6-10(9-15)8-14-12/h2-5,10,12,14-15H,6-9H2,1H3. The van der Waals surface area contributed by atoms with E-state index in [4.69, 9.17) is 9.84 Å². The number of nitrogens with one attached hydrogen (secondary N) is 1. The highest BCUT2D eigenvalue weighted by Gasteiger charge is 2.22. The van der Waals surface area contributed by atoms with E-state index in [1.54, 1.807) is 7.11 Å². The first-order valence-corrected chi connectivity index (χ1v) is 5.82. The third-order valence-corrected chi connectivity index (χ3v) is 3.29. The molecule has 1 heterocycles. The molecule has 1 fully saturated rings. The molecule has 3 nitrogen and oxygen atoms in total. The number of aliphatic hydroxyl groups is 1. The Morgan fingerprint density at radius 1 is 1.38 bits per heavy atom. The number of rotatable bonds is 3. The molecule has 0 spiro atoms. The minimum atomic E-state index is 0.283. The molecule has 16 heavy (non-hydrogen) atoms. The summed E-state index contributed by atoms with van der Waals surface area (Å²) in [7, 11) is 1.71. The van der Waals surface area contributed by atoms with Gasteiger partial charge in [-0.05, 0) is 24.8 Å². The molecule has 3 heteroatoms. The lowest BCUT2D eigenvalue weighted by Gasteiger charge is -2.29. The zero-order valence-electron chi connectivity index (χ0n) is 9.65. The summed E-state index contributed by atoms with van der Waals surface area (Å²) >= 11 is 0. The molecule has 1 aliphatic rings. The highest BCUT2D eigenvalue weighted by Crippen LogP contribution is 2.31. The molecule has 0 aromatic heterocycles. The quantitative estimate of drug-likeness (QED) is 0.816. The monoisotopic (exact) mass is 221 g/mol. The van der Waals surface area contributed by atoms with Crippen molar-refractivity contribution in [3.8, 4) is 5.75 Å². The molecule has 2 rings (SSSR count). The Balaban J connectivity index is 2.07. The summed E-state index contributed by atoms with van der Waals surface area (Å²) in [5.41, 5.74) is 1.22. The van der Waals surface area contributed by atoms with Gasteiger partial charge in [0.2, 0.25) is 0 Å². The molecule has 2 unspecified atom stereocenters. The van der Waals surface area contributed by atoms with Gasteiger partial charge in [-0.25, -0.2) is 0 Å². The van der Waals surface area contributed by atoms with Gasteiger partial charge in [-0.3, -0.25) is 0 Å². The van der Waals surface area contributed by atoms with Crippen LogP contribution in [0, 0.1) is 5.92 Å². The highest BCUT2D eigenvalue weighted by molar-refractivity contribution is 5.36. The van der Waals surface area contributed by atoms with Crippen LogP contribution in [-0.2, 0) is 0 Å². The van der Waals surface area contributed by atoms with Crippen molar-refractivity contribution >= 4 is 0 Å². The van der Waals surface area contributed by atoms with E-state index in [1.807, 2.05) is 18.2 Å². The van der Waals surface area contributed by atoms with Gasteiger partial charge in [0, 0.05) is 24.8 Å². The number of aliphatic hydroxyl groups excluding tert-OH is 1. The third-order valence-electron chi connectivity index (χ3n) is 3.29. The van der Waals surface area contributed by atoms with Crippen molar-refractivity contribution < 1.29 is 9.84 Å². The predicted molar refractivity (Wildman–Crippen MR) is 63.5 cm³/mol. The van der Waals surface area contributed by atoms with Gasteiger partial charge in [-0.2, -0.15) is 0 Å². The van der Waals surface area contributed by atoms with Gasteiger partial charge in [0.15, 0.2) is 0 Å². The van der Waals surface area contributed by atoms with Crippen LogP contribution >= 0.6 is 0 Å². The maximum Gasteiger partial charge on any atom is 0.123 e. The van der Waals surface area contributed by atoms with Gasteiger partial charge in [0.05, 0.1) is 7.11 Å². The van der Waals surface area contributed by atoms with Crippen molar-refractivity contribution in [2.45, 2.75) is 18.9 Å². The van der Waals surface area contributed by atoms with E-state index in [1.165, 1.54) is 5.56 Å². The molecule has 1 aromatic rings. The van der Waals surface area contributed by atoms with E-state index in [9.17, 15) is 0 Å². The minimum Gasteiger partial charge on any atom is -0.496 e. The van der Waals surface area contributed by atoms with Crippen molar-refractivity contribution in [2.24, 2.45) is 5.92 Å². The summed E-state index contributed by atoms with van der Waals surface area (Å²) < 4.78 is 5.36. The van der Waals surface area contributed by atoms with Crippen molar-refractivity contribution in [3.05, 3.63) is 29.8 Å².